The second kappa shape index (κ2) is 5.84. The Morgan fingerprint density at radius 3 is 2.29 bits per heavy atom. The molecule has 3 aromatic carbocycles. The van der Waals surface area contributed by atoms with Crippen molar-refractivity contribution in [2.75, 3.05) is 7.05 Å². The van der Waals surface area contributed by atoms with Gasteiger partial charge >= 0.3 is 0 Å². The quantitative estimate of drug-likeness (QED) is 0.722. The lowest BCUT2D eigenvalue weighted by Gasteiger charge is -2.18. The van der Waals surface area contributed by atoms with Gasteiger partial charge in [0.1, 0.15) is 5.82 Å². The molecule has 3 heteroatoms. The summed E-state index contributed by atoms with van der Waals surface area (Å²) < 4.78 is 13.7. The monoisotopic (exact) mass is 299 g/mol. The van der Waals surface area contributed by atoms with E-state index in [1.54, 1.807) is 6.07 Å². The molecule has 0 heterocycles. The molecule has 0 aliphatic heterocycles. The van der Waals surface area contributed by atoms with E-state index in [2.05, 4.69) is 35.6 Å². The van der Waals surface area contributed by atoms with Crippen LogP contribution >= 0.6 is 11.6 Å². The first-order valence-electron chi connectivity index (χ1n) is 6.80. The normalized spacial score (nSPS) is 12.5. The standard InChI is InChI=1S/C18H15ClFN/c1-21-18(15-8-9-16(19)17(20)11-15)14-7-6-12-4-2-3-5-13(12)10-14/h2-11,18,21H,1H3. The van der Waals surface area contributed by atoms with Gasteiger partial charge in [-0.05, 0) is 47.1 Å². The Morgan fingerprint density at radius 1 is 0.905 bits per heavy atom. The van der Waals surface area contributed by atoms with Crippen LogP contribution in [-0.4, -0.2) is 7.05 Å². The first-order chi connectivity index (χ1) is 10.2. The average molecular weight is 300 g/mol. The third-order valence-corrected chi connectivity index (χ3v) is 3.98. The summed E-state index contributed by atoms with van der Waals surface area (Å²) in [6.07, 6.45) is 0. The maximum absolute atomic E-state index is 13.7. The molecular formula is C18H15ClFN. The summed E-state index contributed by atoms with van der Waals surface area (Å²) in [4.78, 5) is 0. The van der Waals surface area contributed by atoms with Gasteiger partial charge < -0.3 is 5.32 Å². The molecule has 0 aliphatic rings. The lowest BCUT2D eigenvalue weighted by Crippen LogP contribution is -2.17. The average Bonchev–Trinajstić information content (AvgIpc) is 2.51. The molecule has 1 nitrogen and oxygen atoms in total. The smallest absolute Gasteiger partial charge is 0.142 e. The van der Waals surface area contributed by atoms with Crippen molar-refractivity contribution in [1.82, 2.24) is 5.32 Å². The minimum absolute atomic E-state index is 0.0682. The fourth-order valence-electron chi connectivity index (χ4n) is 2.61. The van der Waals surface area contributed by atoms with E-state index in [4.69, 9.17) is 11.6 Å². The van der Waals surface area contributed by atoms with Crippen LogP contribution in [0.15, 0.2) is 60.7 Å². The zero-order chi connectivity index (χ0) is 14.8. The van der Waals surface area contributed by atoms with Gasteiger partial charge in [0, 0.05) is 0 Å². The van der Waals surface area contributed by atoms with Crippen LogP contribution in [0.2, 0.25) is 5.02 Å². The highest BCUT2D eigenvalue weighted by Gasteiger charge is 2.14. The van der Waals surface area contributed by atoms with Gasteiger partial charge in [-0.1, -0.05) is 54.1 Å². The van der Waals surface area contributed by atoms with E-state index in [1.807, 2.05) is 25.2 Å². The second-order valence-electron chi connectivity index (χ2n) is 5.00. The third-order valence-electron chi connectivity index (χ3n) is 3.67. The van der Waals surface area contributed by atoms with E-state index in [0.717, 1.165) is 11.1 Å². The molecule has 0 aromatic heterocycles. The summed E-state index contributed by atoms with van der Waals surface area (Å²) in [5.41, 5.74) is 1.95. The SMILES string of the molecule is CNC(c1ccc(Cl)c(F)c1)c1ccc2ccccc2c1. The van der Waals surface area contributed by atoms with Gasteiger partial charge in [-0.15, -0.1) is 0 Å². The minimum atomic E-state index is -0.393. The van der Waals surface area contributed by atoms with Gasteiger partial charge in [-0.25, -0.2) is 4.39 Å². The maximum Gasteiger partial charge on any atom is 0.142 e. The molecule has 21 heavy (non-hydrogen) atoms. The zero-order valence-corrected chi connectivity index (χ0v) is 12.4. The Hall–Kier alpha value is -1.90. The Kier molecular flexibility index (Phi) is 3.91. The maximum atomic E-state index is 13.7. The number of halogens is 2. The van der Waals surface area contributed by atoms with E-state index >= 15 is 0 Å². The highest BCUT2D eigenvalue weighted by molar-refractivity contribution is 6.30. The van der Waals surface area contributed by atoms with Crippen LogP contribution in [0.25, 0.3) is 10.8 Å². The summed E-state index contributed by atoms with van der Waals surface area (Å²) >= 11 is 5.76. The molecule has 3 aromatic rings. The van der Waals surface area contributed by atoms with Crippen LogP contribution < -0.4 is 5.32 Å². The van der Waals surface area contributed by atoms with Crippen LogP contribution in [-0.2, 0) is 0 Å². The molecule has 0 aliphatic carbocycles. The van der Waals surface area contributed by atoms with Crippen molar-refractivity contribution in [3.63, 3.8) is 0 Å². The highest BCUT2D eigenvalue weighted by atomic mass is 35.5. The Balaban J connectivity index is 2.06. The van der Waals surface area contributed by atoms with Gasteiger partial charge in [0.15, 0.2) is 0 Å². The molecule has 0 saturated carbocycles. The summed E-state index contributed by atoms with van der Waals surface area (Å²) in [5, 5.41) is 5.75. The summed E-state index contributed by atoms with van der Waals surface area (Å²) in [6.45, 7) is 0. The predicted octanol–water partition coefficient (Wildman–Crippen LogP) is 4.94. The number of rotatable bonds is 3. The van der Waals surface area contributed by atoms with Crippen LogP contribution in [0.1, 0.15) is 17.2 Å². The largest absolute Gasteiger partial charge is 0.309 e. The molecule has 0 bridgehead atoms. The number of fused-ring (bicyclic) bond motifs is 1. The lowest BCUT2D eigenvalue weighted by atomic mass is 9.96. The van der Waals surface area contributed by atoms with Crippen molar-refractivity contribution in [3.8, 4) is 0 Å². The van der Waals surface area contributed by atoms with Crippen molar-refractivity contribution in [1.29, 1.82) is 0 Å². The summed E-state index contributed by atoms with van der Waals surface area (Å²) in [5.74, 6) is -0.393. The van der Waals surface area contributed by atoms with Gasteiger partial charge in [-0.3, -0.25) is 0 Å². The summed E-state index contributed by atoms with van der Waals surface area (Å²) in [6, 6.07) is 19.3. The van der Waals surface area contributed by atoms with Crippen molar-refractivity contribution >= 4 is 22.4 Å². The number of nitrogens with one attached hydrogen (secondary N) is 1. The van der Waals surface area contributed by atoms with E-state index in [1.165, 1.54) is 16.8 Å². The van der Waals surface area contributed by atoms with Crippen molar-refractivity contribution in [2.45, 2.75) is 6.04 Å². The van der Waals surface area contributed by atoms with Crippen molar-refractivity contribution < 1.29 is 4.39 Å². The molecule has 0 spiro atoms. The zero-order valence-electron chi connectivity index (χ0n) is 11.6. The number of hydrogen-bond acceptors (Lipinski definition) is 1. The Bertz CT molecular complexity index is 785. The minimum Gasteiger partial charge on any atom is -0.309 e. The molecule has 1 atom stereocenters. The third kappa shape index (κ3) is 2.78. The molecule has 3 rings (SSSR count). The van der Waals surface area contributed by atoms with Gasteiger partial charge in [0.05, 0.1) is 11.1 Å². The van der Waals surface area contributed by atoms with E-state index in [-0.39, 0.29) is 11.1 Å². The first kappa shape index (κ1) is 14.1. The molecular weight excluding hydrogens is 285 g/mol. The highest BCUT2D eigenvalue weighted by Crippen LogP contribution is 2.27. The number of hydrogen-bond donors (Lipinski definition) is 1. The predicted molar refractivity (Wildman–Crippen MR) is 86.3 cm³/mol. The van der Waals surface area contributed by atoms with E-state index in [0.29, 0.717) is 0 Å². The van der Waals surface area contributed by atoms with Gasteiger partial charge in [-0.2, -0.15) is 0 Å². The fraction of sp³-hybridized carbons (Fsp3) is 0.111. The molecule has 0 fully saturated rings. The molecule has 0 radical (unpaired) electrons. The van der Waals surface area contributed by atoms with Gasteiger partial charge in [0.25, 0.3) is 0 Å². The molecule has 1 unspecified atom stereocenters. The lowest BCUT2D eigenvalue weighted by molar-refractivity contribution is 0.617. The van der Waals surface area contributed by atoms with Crippen molar-refractivity contribution in [3.05, 3.63) is 82.6 Å². The topological polar surface area (TPSA) is 12.0 Å². The van der Waals surface area contributed by atoms with Crippen LogP contribution in [0, 0.1) is 5.82 Å². The first-order valence-corrected chi connectivity index (χ1v) is 7.18. The summed E-state index contributed by atoms with van der Waals surface area (Å²) in [7, 11) is 1.87. The van der Waals surface area contributed by atoms with Crippen LogP contribution in [0.4, 0.5) is 4.39 Å². The molecule has 106 valence electrons. The van der Waals surface area contributed by atoms with Crippen molar-refractivity contribution in [2.24, 2.45) is 0 Å². The molecule has 0 saturated heterocycles. The molecule has 0 amide bonds. The Labute approximate surface area is 128 Å². The van der Waals surface area contributed by atoms with Crippen LogP contribution in [0.3, 0.4) is 0 Å². The van der Waals surface area contributed by atoms with Crippen LogP contribution in [0.5, 0.6) is 0 Å². The number of benzene rings is 3. The second-order valence-corrected chi connectivity index (χ2v) is 5.41. The molecule has 1 N–H and O–H groups in total. The Morgan fingerprint density at radius 2 is 1.57 bits per heavy atom. The van der Waals surface area contributed by atoms with Gasteiger partial charge in [0.2, 0.25) is 0 Å². The van der Waals surface area contributed by atoms with E-state index in [9.17, 15) is 4.39 Å². The van der Waals surface area contributed by atoms with E-state index < -0.39 is 5.82 Å². The fourth-order valence-corrected chi connectivity index (χ4v) is 2.72.